The Kier molecular flexibility index (Phi) is 6.50. The predicted octanol–water partition coefficient (Wildman–Crippen LogP) is 5.29. The van der Waals surface area contributed by atoms with Gasteiger partial charge >= 0.3 is 0 Å². The van der Waals surface area contributed by atoms with Crippen LogP contribution in [0, 0.1) is 13.8 Å². The van der Waals surface area contributed by atoms with Gasteiger partial charge in [0.2, 0.25) is 5.91 Å². The molecule has 0 saturated carbocycles. The summed E-state index contributed by atoms with van der Waals surface area (Å²) in [4.78, 5) is 25.5. The van der Waals surface area contributed by atoms with Crippen LogP contribution >= 0.6 is 11.8 Å². The molecule has 3 aromatic carbocycles. The highest BCUT2D eigenvalue weighted by atomic mass is 32.2. The summed E-state index contributed by atoms with van der Waals surface area (Å²) in [6.45, 7) is 3.95. The van der Waals surface area contributed by atoms with Gasteiger partial charge in [0.25, 0.3) is 5.91 Å². The fourth-order valence-electron chi connectivity index (χ4n) is 2.62. The van der Waals surface area contributed by atoms with Gasteiger partial charge in [-0.3, -0.25) is 9.59 Å². The quantitative estimate of drug-likeness (QED) is 0.563. The zero-order chi connectivity index (χ0) is 19.9. The van der Waals surface area contributed by atoms with Crippen LogP contribution in [-0.2, 0) is 4.79 Å². The van der Waals surface area contributed by atoms with Gasteiger partial charge in [-0.25, -0.2) is 0 Å². The Hall–Kier alpha value is -3.05. The van der Waals surface area contributed by atoms with Crippen LogP contribution in [0.25, 0.3) is 0 Å². The summed E-state index contributed by atoms with van der Waals surface area (Å²) in [6, 6.07) is 22.6. The fourth-order valence-corrected chi connectivity index (χ4v) is 3.38. The summed E-state index contributed by atoms with van der Waals surface area (Å²) in [7, 11) is 0. The molecular formula is C23H22N2O2S. The van der Waals surface area contributed by atoms with E-state index in [1.807, 2.05) is 74.5 Å². The fraction of sp³-hybridized carbons (Fsp3) is 0.130. The Morgan fingerprint density at radius 2 is 1.61 bits per heavy atom. The van der Waals surface area contributed by atoms with Crippen LogP contribution in [-0.4, -0.2) is 17.6 Å². The number of nitrogens with one attached hydrogen (secondary N) is 2. The molecule has 0 saturated heterocycles. The molecule has 0 aliphatic heterocycles. The standard InChI is InChI=1S/C23H22N2O2S/c1-16-10-12-18(13-11-16)23(27)24-19-7-5-8-20(14-19)28-15-22(26)25-21-9-4-3-6-17(21)2/h3-14H,15H2,1-2H3,(H,24,27)(H,25,26). The number of anilines is 2. The summed E-state index contributed by atoms with van der Waals surface area (Å²) in [5.74, 6) is 0.0804. The summed E-state index contributed by atoms with van der Waals surface area (Å²) in [5.41, 5.74) is 4.28. The van der Waals surface area contributed by atoms with Crippen molar-refractivity contribution in [1.82, 2.24) is 0 Å². The largest absolute Gasteiger partial charge is 0.325 e. The van der Waals surface area contributed by atoms with Crippen molar-refractivity contribution in [2.75, 3.05) is 16.4 Å². The van der Waals surface area contributed by atoms with E-state index in [0.29, 0.717) is 17.0 Å². The molecule has 28 heavy (non-hydrogen) atoms. The molecule has 0 aliphatic rings. The van der Waals surface area contributed by atoms with E-state index in [-0.39, 0.29) is 11.8 Å². The average Bonchev–Trinajstić information content (AvgIpc) is 2.69. The lowest BCUT2D eigenvalue weighted by molar-refractivity contribution is -0.113. The number of carbonyl (C=O) groups excluding carboxylic acids is 2. The highest BCUT2D eigenvalue weighted by molar-refractivity contribution is 8.00. The molecule has 3 aromatic rings. The molecular weight excluding hydrogens is 368 g/mol. The van der Waals surface area contributed by atoms with Gasteiger partial charge in [-0.05, 0) is 55.8 Å². The van der Waals surface area contributed by atoms with Gasteiger partial charge in [0.1, 0.15) is 0 Å². The second-order valence-electron chi connectivity index (χ2n) is 6.50. The van der Waals surface area contributed by atoms with Crippen LogP contribution < -0.4 is 10.6 Å². The molecule has 0 aromatic heterocycles. The Morgan fingerprint density at radius 3 is 2.36 bits per heavy atom. The number of hydrogen-bond acceptors (Lipinski definition) is 3. The molecule has 4 nitrogen and oxygen atoms in total. The second-order valence-corrected chi connectivity index (χ2v) is 7.55. The minimum Gasteiger partial charge on any atom is -0.325 e. The molecule has 2 N–H and O–H groups in total. The Balaban J connectivity index is 1.57. The van der Waals surface area contributed by atoms with Crippen molar-refractivity contribution in [1.29, 1.82) is 0 Å². The van der Waals surface area contributed by atoms with Gasteiger partial charge < -0.3 is 10.6 Å². The van der Waals surface area contributed by atoms with Gasteiger partial charge in [0.05, 0.1) is 5.75 Å². The van der Waals surface area contributed by atoms with E-state index in [1.54, 1.807) is 12.1 Å². The maximum Gasteiger partial charge on any atom is 0.255 e. The van der Waals surface area contributed by atoms with Crippen LogP contribution in [0.3, 0.4) is 0 Å². The Bertz CT molecular complexity index is 984. The molecule has 0 unspecified atom stereocenters. The van der Waals surface area contributed by atoms with E-state index in [4.69, 9.17) is 0 Å². The molecule has 0 heterocycles. The number of benzene rings is 3. The minimum absolute atomic E-state index is 0.0617. The van der Waals surface area contributed by atoms with Crippen molar-refractivity contribution in [3.05, 3.63) is 89.5 Å². The molecule has 2 amide bonds. The van der Waals surface area contributed by atoms with Crippen LogP contribution in [0.15, 0.2) is 77.7 Å². The Morgan fingerprint density at radius 1 is 0.857 bits per heavy atom. The van der Waals surface area contributed by atoms with Crippen molar-refractivity contribution >= 4 is 35.0 Å². The van der Waals surface area contributed by atoms with E-state index < -0.39 is 0 Å². The third-order valence-electron chi connectivity index (χ3n) is 4.19. The number of amides is 2. The number of rotatable bonds is 6. The van der Waals surface area contributed by atoms with Gasteiger partial charge in [0.15, 0.2) is 0 Å². The molecule has 142 valence electrons. The maximum atomic E-state index is 12.4. The van der Waals surface area contributed by atoms with Gasteiger partial charge in [-0.2, -0.15) is 0 Å². The number of para-hydroxylation sites is 1. The molecule has 3 rings (SSSR count). The first-order chi connectivity index (χ1) is 13.5. The van der Waals surface area contributed by atoms with Crippen LogP contribution in [0.2, 0.25) is 0 Å². The van der Waals surface area contributed by atoms with Crippen molar-refractivity contribution in [3.8, 4) is 0 Å². The molecule has 0 radical (unpaired) electrons. The maximum absolute atomic E-state index is 12.4. The molecule has 0 atom stereocenters. The van der Waals surface area contributed by atoms with Gasteiger partial charge in [0, 0.05) is 21.8 Å². The number of thioether (sulfide) groups is 1. The third kappa shape index (κ3) is 5.47. The summed E-state index contributed by atoms with van der Waals surface area (Å²) >= 11 is 1.43. The SMILES string of the molecule is Cc1ccc(C(=O)Nc2cccc(SCC(=O)Nc3ccccc3C)c2)cc1. The number of aryl methyl sites for hydroxylation is 2. The zero-order valence-electron chi connectivity index (χ0n) is 15.9. The van der Waals surface area contributed by atoms with Crippen molar-refractivity contribution in [3.63, 3.8) is 0 Å². The van der Waals surface area contributed by atoms with Crippen LogP contribution in [0.4, 0.5) is 11.4 Å². The van der Waals surface area contributed by atoms with Gasteiger partial charge in [-0.15, -0.1) is 11.8 Å². The lowest BCUT2D eigenvalue weighted by atomic mass is 10.1. The second kappa shape index (κ2) is 9.24. The van der Waals surface area contributed by atoms with E-state index >= 15 is 0 Å². The highest BCUT2D eigenvalue weighted by Crippen LogP contribution is 2.23. The van der Waals surface area contributed by atoms with Crippen LogP contribution in [0.1, 0.15) is 21.5 Å². The minimum atomic E-state index is -0.153. The highest BCUT2D eigenvalue weighted by Gasteiger charge is 2.08. The number of carbonyl (C=O) groups is 2. The first-order valence-electron chi connectivity index (χ1n) is 8.97. The molecule has 0 fully saturated rings. The average molecular weight is 391 g/mol. The molecule has 0 spiro atoms. The first kappa shape index (κ1) is 19.7. The topological polar surface area (TPSA) is 58.2 Å². The molecule has 0 aliphatic carbocycles. The third-order valence-corrected chi connectivity index (χ3v) is 5.19. The molecule has 0 bridgehead atoms. The van der Waals surface area contributed by atoms with E-state index in [1.165, 1.54) is 11.8 Å². The van der Waals surface area contributed by atoms with E-state index in [2.05, 4.69) is 10.6 Å². The normalized spacial score (nSPS) is 10.4. The predicted molar refractivity (Wildman–Crippen MR) is 116 cm³/mol. The van der Waals surface area contributed by atoms with Crippen molar-refractivity contribution in [2.24, 2.45) is 0 Å². The van der Waals surface area contributed by atoms with Gasteiger partial charge in [-0.1, -0.05) is 42.0 Å². The lowest BCUT2D eigenvalue weighted by Gasteiger charge is -2.09. The molecule has 5 heteroatoms. The number of hydrogen-bond donors (Lipinski definition) is 2. The van der Waals surface area contributed by atoms with E-state index in [9.17, 15) is 9.59 Å². The van der Waals surface area contributed by atoms with Crippen molar-refractivity contribution in [2.45, 2.75) is 18.7 Å². The van der Waals surface area contributed by atoms with E-state index in [0.717, 1.165) is 21.7 Å². The van der Waals surface area contributed by atoms with Crippen LogP contribution in [0.5, 0.6) is 0 Å². The first-order valence-corrected chi connectivity index (χ1v) is 9.96. The van der Waals surface area contributed by atoms with Crippen molar-refractivity contribution < 1.29 is 9.59 Å². The Labute approximate surface area is 169 Å². The monoisotopic (exact) mass is 390 g/mol. The summed E-state index contributed by atoms with van der Waals surface area (Å²) in [5, 5.41) is 5.82. The summed E-state index contributed by atoms with van der Waals surface area (Å²) < 4.78 is 0. The zero-order valence-corrected chi connectivity index (χ0v) is 16.7. The smallest absolute Gasteiger partial charge is 0.255 e. The lowest BCUT2D eigenvalue weighted by Crippen LogP contribution is -2.14. The summed E-state index contributed by atoms with van der Waals surface area (Å²) in [6.07, 6.45) is 0.